The standard InChI is InChI=1S/C20H21N5O2/c1-13(19-9-6-10-27-19)24(3)20(26)17-11-15(22-23-17)12-25-14(2)21-16-7-4-5-8-18(16)25/h4-11,13H,12H2,1-3H3,(H,22,23)/t13-/m1/s1. The first-order valence-electron chi connectivity index (χ1n) is 8.81. The summed E-state index contributed by atoms with van der Waals surface area (Å²) in [6.45, 7) is 4.47. The average Bonchev–Trinajstić information content (AvgIpc) is 3.41. The second kappa shape index (κ2) is 6.75. The van der Waals surface area contributed by atoms with Crippen molar-refractivity contribution in [3.63, 3.8) is 0 Å². The number of nitrogens with zero attached hydrogens (tertiary/aromatic N) is 4. The summed E-state index contributed by atoms with van der Waals surface area (Å²) >= 11 is 0. The highest BCUT2D eigenvalue weighted by atomic mass is 16.3. The Kier molecular flexibility index (Phi) is 4.27. The van der Waals surface area contributed by atoms with Crippen molar-refractivity contribution in [1.82, 2.24) is 24.6 Å². The largest absolute Gasteiger partial charge is 0.467 e. The third-order valence-electron chi connectivity index (χ3n) is 4.88. The molecular formula is C20H21N5O2. The number of imidazole rings is 1. The van der Waals surface area contributed by atoms with Gasteiger partial charge < -0.3 is 13.9 Å². The van der Waals surface area contributed by atoms with E-state index in [1.807, 2.05) is 50.2 Å². The molecule has 7 heteroatoms. The molecule has 1 atom stereocenters. The molecule has 138 valence electrons. The Morgan fingerprint density at radius 3 is 2.89 bits per heavy atom. The number of amides is 1. The van der Waals surface area contributed by atoms with Crippen molar-refractivity contribution < 1.29 is 9.21 Å². The van der Waals surface area contributed by atoms with E-state index in [-0.39, 0.29) is 11.9 Å². The van der Waals surface area contributed by atoms with Crippen molar-refractivity contribution >= 4 is 16.9 Å². The molecule has 7 nitrogen and oxygen atoms in total. The molecule has 4 rings (SSSR count). The first-order valence-corrected chi connectivity index (χ1v) is 8.81. The van der Waals surface area contributed by atoms with Crippen LogP contribution < -0.4 is 0 Å². The summed E-state index contributed by atoms with van der Waals surface area (Å²) in [6.07, 6.45) is 1.61. The molecule has 1 N–H and O–H groups in total. The van der Waals surface area contributed by atoms with E-state index in [0.717, 1.165) is 28.3 Å². The fraction of sp³-hybridized carbons (Fsp3) is 0.250. The highest BCUT2D eigenvalue weighted by Gasteiger charge is 2.23. The minimum Gasteiger partial charge on any atom is -0.467 e. The maximum absolute atomic E-state index is 12.8. The number of aryl methyl sites for hydroxylation is 1. The van der Waals surface area contributed by atoms with Crippen molar-refractivity contribution in [1.29, 1.82) is 0 Å². The quantitative estimate of drug-likeness (QED) is 0.588. The molecule has 4 aromatic rings. The van der Waals surface area contributed by atoms with E-state index in [1.54, 1.807) is 24.3 Å². The number of furan rings is 1. The fourth-order valence-electron chi connectivity index (χ4n) is 3.19. The third kappa shape index (κ3) is 3.12. The first kappa shape index (κ1) is 17.1. The normalized spacial score (nSPS) is 12.4. The number of nitrogens with one attached hydrogen (secondary N) is 1. The predicted molar refractivity (Wildman–Crippen MR) is 101 cm³/mol. The molecule has 0 saturated heterocycles. The zero-order chi connectivity index (χ0) is 19.0. The number of hydrogen-bond donors (Lipinski definition) is 1. The summed E-state index contributed by atoms with van der Waals surface area (Å²) in [6, 6.07) is 13.3. The molecule has 0 aliphatic heterocycles. The zero-order valence-corrected chi connectivity index (χ0v) is 15.5. The van der Waals surface area contributed by atoms with E-state index < -0.39 is 0 Å². The number of H-pyrrole nitrogens is 1. The van der Waals surface area contributed by atoms with Crippen LogP contribution in [-0.2, 0) is 6.54 Å². The highest BCUT2D eigenvalue weighted by Crippen LogP contribution is 2.21. The van der Waals surface area contributed by atoms with Gasteiger partial charge in [-0.1, -0.05) is 12.1 Å². The molecule has 0 radical (unpaired) electrons. The van der Waals surface area contributed by atoms with E-state index >= 15 is 0 Å². The summed E-state index contributed by atoms with van der Waals surface area (Å²) in [5.74, 6) is 1.50. The Morgan fingerprint density at radius 2 is 2.11 bits per heavy atom. The van der Waals surface area contributed by atoms with Gasteiger partial charge in [0.15, 0.2) is 0 Å². The SMILES string of the molecule is Cc1nc2ccccc2n1Cc1cc(C(=O)N(C)[C@H](C)c2ccco2)n[nH]1. The second-order valence-electron chi connectivity index (χ2n) is 6.62. The van der Waals surface area contributed by atoms with Crippen LogP contribution in [0.15, 0.2) is 53.1 Å². The van der Waals surface area contributed by atoms with Crippen LogP contribution >= 0.6 is 0 Å². The second-order valence-corrected chi connectivity index (χ2v) is 6.62. The Morgan fingerprint density at radius 1 is 1.30 bits per heavy atom. The van der Waals surface area contributed by atoms with E-state index in [0.29, 0.717) is 12.2 Å². The molecule has 0 spiro atoms. The summed E-state index contributed by atoms with van der Waals surface area (Å²) in [7, 11) is 1.75. The molecule has 0 aliphatic carbocycles. The summed E-state index contributed by atoms with van der Waals surface area (Å²) in [5, 5.41) is 7.19. The number of hydrogen-bond acceptors (Lipinski definition) is 4. The van der Waals surface area contributed by atoms with E-state index in [1.165, 1.54) is 0 Å². The van der Waals surface area contributed by atoms with Gasteiger partial charge in [0.25, 0.3) is 5.91 Å². The number of aromatic nitrogens is 4. The molecule has 1 aromatic carbocycles. The van der Waals surface area contributed by atoms with Crippen LogP contribution in [0.5, 0.6) is 0 Å². The number of benzene rings is 1. The lowest BCUT2D eigenvalue weighted by atomic mass is 10.2. The molecule has 0 bridgehead atoms. The van der Waals surface area contributed by atoms with Crippen LogP contribution in [0.25, 0.3) is 11.0 Å². The topological polar surface area (TPSA) is 79.9 Å². The van der Waals surface area contributed by atoms with Crippen LogP contribution in [0.4, 0.5) is 0 Å². The molecule has 0 aliphatic rings. The van der Waals surface area contributed by atoms with Gasteiger partial charge in [0, 0.05) is 7.05 Å². The first-order chi connectivity index (χ1) is 13.0. The predicted octanol–water partition coefficient (Wildman–Crippen LogP) is 3.54. The monoisotopic (exact) mass is 363 g/mol. The Hall–Kier alpha value is -3.35. The Balaban J connectivity index is 1.54. The minimum absolute atomic E-state index is 0.159. The fourth-order valence-corrected chi connectivity index (χ4v) is 3.19. The van der Waals surface area contributed by atoms with Gasteiger partial charge in [0.05, 0.1) is 35.6 Å². The summed E-state index contributed by atoms with van der Waals surface area (Å²) in [5.41, 5.74) is 3.25. The number of para-hydroxylation sites is 2. The van der Waals surface area contributed by atoms with Crippen LogP contribution in [-0.4, -0.2) is 37.6 Å². The molecule has 1 amide bonds. The Labute approximate surface area is 156 Å². The maximum atomic E-state index is 12.8. The molecule has 3 aromatic heterocycles. The van der Waals surface area contributed by atoms with Crippen LogP contribution in [0.1, 0.15) is 40.7 Å². The van der Waals surface area contributed by atoms with Gasteiger partial charge in [0.1, 0.15) is 17.3 Å². The van der Waals surface area contributed by atoms with E-state index in [4.69, 9.17) is 4.42 Å². The lowest BCUT2D eigenvalue weighted by Gasteiger charge is -2.22. The van der Waals surface area contributed by atoms with Crippen LogP contribution in [0.3, 0.4) is 0 Å². The van der Waals surface area contributed by atoms with Crippen LogP contribution in [0, 0.1) is 6.92 Å². The minimum atomic E-state index is -0.174. The van der Waals surface area contributed by atoms with Crippen molar-refractivity contribution in [2.24, 2.45) is 0 Å². The molecule has 0 fully saturated rings. The van der Waals surface area contributed by atoms with Gasteiger partial charge in [-0.2, -0.15) is 5.10 Å². The molecule has 27 heavy (non-hydrogen) atoms. The number of rotatable bonds is 5. The van der Waals surface area contributed by atoms with Gasteiger partial charge in [0.2, 0.25) is 0 Å². The number of fused-ring (bicyclic) bond motifs is 1. The van der Waals surface area contributed by atoms with Crippen molar-refractivity contribution in [2.45, 2.75) is 26.4 Å². The number of carbonyl (C=O) groups is 1. The van der Waals surface area contributed by atoms with Gasteiger partial charge in [-0.05, 0) is 44.2 Å². The third-order valence-corrected chi connectivity index (χ3v) is 4.88. The van der Waals surface area contributed by atoms with Crippen LogP contribution in [0.2, 0.25) is 0 Å². The maximum Gasteiger partial charge on any atom is 0.274 e. The number of carbonyl (C=O) groups excluding carboxylic acids is 1. The molecule has 3 heterocycles. The van der Waals surface area contributed by atoms with Gasteiger partial charge in [-0.15, -0.1) is 0 Å². The zero-order valence-electron chi connectivity index (χ0n) is 15.5. The van der Waals surface area contributed by atoms with E-state index in [9.17, 15) is 4.79 Å². The van der Waals surface area contributed by atoms with Gasteiger partial charge >= 0.3 is 0 Å². The van der Waals surface area contributed by atoms with E-state index in [2.05, 4.69) is 19.7 Å². The Bertz CT molecular complexity index is 1080. The lowest BCUT2D eigenvalue weighted by Crippen LogP contribution is -2.29. The van der Waals surface area contributed by atoms with Gasteiger partial charge in [-0.3, -0.25) is 9.89 Å². The van der Waals surface area contributed by atoms with Gasteiger partial charge in [-0.25, -0.2) is 4.98 Å². The summed E-state index contributed by atoms with van der Waals surface area (Å²) in [4.78, 5) is 19.0. The van der Waals surface area contributed by atoms with Crippen molar-refractivity contribution in [3.8, 4) is 0 Å². The smallest absolute Gasteiger partial charge is 0.274 e. The van der Waals surface area contributed by atoms with Crippen molar-refractivity contribution in [2.75, 3.05) is 7.05 Å². The van der Waals surface area contributed by atoms with Crippen molar-refractivity contribution in [3.05, 3.63) is 71.7 Å². The molecule has 0 saturated carbocycles. The highest BCUT2D eigenvalue weighted by molar-refractivity contribution is 5.92. The molecular weight excluding hydrogens is 342 g/mol. The summed E-state index contributed by atoms with van der Waals surface area (Å²) < 4.78 is 7.50. The average molecular weight is 363 g/mol. The lowest BCUT2D eigenvalue weighted by molar-refractivity contribution is 0.0720. The molecule has 0 unspecified atom stereocenters. The number of aromatic amines is 1.